The van der Waals surface area contributed by atoms with Crippen molar-refractivity contribution in [3.8, 4) is 17.2 Å². The van der Waals surface area contributed by atoms with Crippen LogP contribution in [-0.4, -0.2) is 49.0 Å². The Balaban J connectivity index is 1.39. The lowest BCUT2D eigenvalue weighted by atomic mass is 10.1. The van der Waals surface area contributed by atoms with E-state index < -0.39 is 5.60 Å². The van der Waals surface area contributed by atoms with Crippen molar-refractivity contribution in [2.75, 3.05) is 26.3 Å². The van der Waals surface area contributed by atoms with Gasteiger partial charge in [-0.2, -0.15) is 0 Å². The molecule has 1 aliphatic heterocycles. The van der Waals surface area contributed by atoms with Crippen LogP contribution in [0.3, 0.4) is 0 Å². The number of piperidine rings is 1. The van der Waals surface area contributed by atoms with Gasteiger partial charge in [0.25, 0.3) is 0 Å². The summed E-state index contributed by atoms with van der Waals surface area (Å²) in [4.78, 5) is 13.9. The first-order valence-electron chi connectivity index (χ1n) is 11.1. The number of carbonyl (C=O) groups is 1. The zero-order chi connectivity index (χ0) is 23.8. The van der Waals surface area contributed by atoms with Gasteiger partial charge in [0.2, 0.25) is 0 Å². The highest BCUT2D eigenvalue weighted by Crippen LogP contribution is 2.32. The second kappa shape index (κ2) is 12.1. The molecule has 0 spiro atoms. The lowest BCUT2D eigenvalue weighted by molar-refractivity contribution is -0.0177. The summed E-state index contributed by atoms with van der Waals surface area (Å²) in [7, 11) is 0. The molecule has 8 heteroatoms. The van der Waals surface area contributed by atoms with Gasteiger partial charge in [0.1, 0.15) is 29.5 Å². The second-order valence-electron chi connectivity index (χ2n) is 8.86. The Labute approximate surface area is 212 Å². The molecule has 2 aromatic rings. The van der Waals surface area contributed by atoms with Gasteiger partial charge in [-0.05, 0) is 79.4 Å². The maximum Gasteiger partial charge on any atom is 0.410 e. The van der Waals surface area contributed by atoms with Gasteiger partial charge >= 0.3 is 6.09 Å². The third-order valence-electron chi connectivity index (χ3n) is 4.98. The Bertz CT molecular complexity index is 923. The first-order valence-corrected chi connectivity index (χ1v) is 13.0. The van der Waals surface area contributed by atoms with E-state index in [4.69, 9.17) is 18.9 Å². The van der Waals surface area contributed by atoms with E-state index in [-0.39, 0.29) is 12.2 Å². The lowest BCUT2D eigenvalue weighted by Crippen LogP contribution is -2.43. The van der Waals surface area contributed by atoms with Crippen molar-refractivity contribution in [3.63, 3.8) is 0 Å². The minimum absolute atomic E-state index is 0.127. The molecular weight excluding hydrogens is 554 g/mol. The molecule has 2 aromatic carbocycles. The molecule has 0 aliphatic carbocycles. The molecule has 0 N–H and O–H groups in total. The number of halogens is 2. The van der Waals surface area contributed by atoms with Crippen molar-refractivity contribution in [2.24, 2.45) is 0 Å². The number of ether oxygens (including phenoxy) is 4. The van der Waals surface area contributed by atoms with E-state index in [2.05, 4.69) is 31.9 Å². The van der Waals surface area contributed by atoms with Gasteiger partial charge in [0.05, 0.1) is 17.2 Å². The molecule has 33 heavy (non-hydrogen) atoms. The van der Waals surface area contributed by atoms with E-state index in [1.165, 1.54) is 5.56 Å². The molecule has 1 amide bonds. The lowest BCUT2D eigenvalue weighted by Gasteiger charge is -2.33. The summed E-state index contributed by atoms with van der Waals surface area (Å²) in [5, 5.41) is 0.792. The number of benzene rings is 2. The highest BCUT2D eigenvalue weighted by molar-refractivity contribution is 9.10. The number of hydrogen-bond donors (Lipinski definition) is 0. The third-order valence-corrected chi connectivity index (χ3v) is 6.25. The van der Waals surface area contributed by atoms with Crippen LogP contribution in [0.2, 0.25) is 0 Å². The third kappa shape index (κ3) is 8.50. The van der Waals surface area contributed by atoms with Crippen LogP contribution in [0.5, 0.6) is 17.2 Å². The SMILES string of the molecule is CC(C)(C)OC(=O)N1CCC(OCCOc2cccc(Oc3ccc(CBr)cc3Br)c2)CC1. The average Bonchev–Trinajstić information content (AvgIpc) is 2.77. The molecule has 0 atom stereocenters. The van der Waals surface area contributed by atoms with E-state index in [9.17, 15) is 4.79 Å². The van der Waals surface area contributed by atoms with Crippen LogP contribution >= 0.6 is 31.9 Å². The summed E-state index contributed by atoms with van der Waals surface area (Å²) in [5.74, 6) is 2.18. The van der Waals surface area contributed by atoms with Crippen LogP contribution < -0.4 is 9.47 Å². The number of alkyl halides is 1. The molecule has 180 valence electrons. The van der Waals surface area contributed by atoms with Gasteiger partial charge in [-0.1, -0.05) is 28.1 Å². The molecule has 1 fully saturated rings. The molecule has 1 aliphatic rings. The van der Waals surface area contributed by atoms with Gasteiger partial charge in [-0.3, -0.25) is 0 Å². The van der Waals surface area contributed by atoms with Gasteiger partial charge in [-0.15, -0.1) is 0 Å². The van der Waals surface area contributed by atoms with Crippen molar-refractivity contribution in [3.05, 3.63) is 52.5 Å². The number of nitrogens with zero attached hydrogens (tertiary/aromatic N) is 1. The van der Waals surface area contributed by atoms with Crippen LogP contribution in [0.15, 0.2) is 46.9 Å². The summed E-state index contributed by atoms with van der Waals surface area (Å²) in [6.45, 7) is 7.86. The van der Waals surface area contributed by atoms with Gasteiger partial charge in [-0.25, -0.2) is 4.79 Å². The minimum Gasteiger partial charge on any atom is -0.491 e. The fourth-order valence-electron chi connectivity index (χ4n) is 3.37. The first-order chi connectivity index (χ1) is 15.7. The Morgan fingerprint density at radius 2 is 1.79 bits per heavy atom. The largest absolute Gasteiger partial charge is 0.491 e. The zero-order valence-electron chi connectivity index (χ0n) is 19.3. The smallest absolute Gasteiger partial charge is 0.410 e. The molecule has 0 aromatic heterocycles. The van der Waals surface area contributed by atoms with E-state index in [1.54, 1.807) is 4.90 Å². The van der Waals surface area contributed by atoms with Crippen LogP contribution in [0.25, 0.3) is 0 Å². The molecule has 0 radical (unpaired) electrons. The van der Waals surface area contributed by atoms with Crippen LogP contribution in [0, 0.1) is 0 Å². The highest BCUT2D eigenvalue weighted by atomic mass is 79.9. The predicted octanol–water partition coefficient (Wildman–Crippen LogP) is 6.93. The highest BCUT2D eigenvalue weighted by Gasteiger charge is 2.27. The fourth-order valence-corrected chi connectivity index (χ4v) is 4.23. The molecule has 6 nitrogen and oxygen atoms in total. The maximum atomic E-state index is 12.2. The number of hydrogen-bond acceptors (Lipinski definition) is 5. The molecule has 1 heterocycles. The number of amides is 1. The topological polar surface area (TPSA) is 57.2 Å². The summed E-state index contributed by atoms with van der Waals surface area (Å²) >= 11 is 7.01. The van der Waals surface area contributed by atoms with Crippen LogP contribution in [0.1, 0.15) is 39.2 Å². The Hall–Kier alpha value is -1.77. The summed E-state index contributed by atoms with van der Waals surface area (Å²) in [6.07, 6.45) is 1.47. The van der Waals surface area contributed by atoms with E-state index in [1.807, 2.05) is 63.2 Å². The van der Waals surface area contributed by atoms with E-state index in [0.717, 1.165) is 34.1 Å². The van der Waals surface area contributed by atoms with E-state index in [0.29, 0.717) is 32.1 Å². The van der Waals surface area contributed by atoms with Crippen molar-refractivity contribution < 1.29 is 23.7 Å². The molecule has 0 unspecified atom stereocenters. The van der Waals surface area contributed by atoms with Gasteiger partial charge in [0, 0.05) is 24.5 Å². The van der Waals surface area contributed by atoms with Crippen molar-refractivity contribution in [1.82, 2.24) is 4.90 Å². The quantitative estimate of drug-likeness (QED) is 0.249. The van der Waals surface area contributed by atoms with Crippen LogP contribution in [-0.2, 0) is 14.8 Å². The first kappa shape index (κ1) is 25.8. The van der Waals surface area contributed by atoms with Crippen LogP contribution in [0.4, 0.5) is 4.79 Å². The number of carbonyl (C=O) groups excluding carboxylic acids is 1. The minimum atomic E-state index is -0.474. The Kier molecular flexibility index (Phi) is 9.47. The standard InChI is InChI=1S/C25H31Br2NO5/c1-25(2,3)33-24(29)28-11-9-19(10-12-28)30-13-14-31-20-5-4-6-21(16-20)32-23-8-7-18(17-26)15-22(23)27/h4-8,15-16,19H,9-14,17H2,1-3H3. The molecule has 0 bridgehead atoms. The van der Waals surface area contributed by atoms with Crippen molar-refractivity contribution in [2.45, 2.75) is 50.6 Å². The Morgan fingerprint density at radius 1 is 1.06 bits per heavy atom. The summed E-state index contributed by atoms with van der Waals surface area (Å²) < 4.78 is 24.1. The molecule has 1 saturated heterocycles. The molecule has 3 rings (SSSR count). The van der Waals surface area contributed by atoms with Gasteiger partial charge in [0.15, 0.2) is 0 Å². The molecule has 0 saturated carbocycles. The predicted molar refractivity (Wildman–Crippen MR) is 136 cm³/mol. The molecular formula is C25H31Br2NO5. The van der Waals surface area contributed by atoms with Gasteiger partial charge < -0.3 is 23.8 Å². The summed E-state index contributed by atoms with van der Waals surface area (Å²) in [5.41, 5.74) is 0.695. The Morgan fingerprint density at radius 3 is 2.45 bits per heavy atom. The monoisotopic (exact) mass is 583 g/mol. The van der Waals surface area contributed by atoms with E-state index >= 15 is 0 Å². The average molecular weight is 585 g/mol. The normalized spacial score (nSPS) is 14.8. The number of rotatable bonds is 8. The summed E-state index contributed by atoms with van der Waals surface area (Å²) in [6, 6.07) is 13.5. The number of likely N-dealkylation sites (tertiary alicyclic amines) is 1. The van der Waals surface area contributed by atoms with Crippen molar-refractivity contribution >= 4 is 38.0 Å². The fraction of sp³-hybridized carbons (Fsp3) is 0.480. The second-order valence-corrected chi connectivity index (χ2v) is 10.3. The van der Waals surface area contributed by atoms with Crippen molar-refractivity contribution in [1.29, 1.82) is 0 Å². The zero-order valence-corrected chi connectivity index (χ0v) is 22.5. The maximum absolute atomic E-state index is 12.2.